The summed E-state index contributed by atoms with van der Waals surface area (Å²) in [5, 5.41) is 8.96. The van der Waals surface area contributed by atoms with Crippen molar-refractivity contribution in [2.45, 2.75) is 33.2 Å². The van der Waals surface area contributed by atoms with Crippen molar-refractivity contribution < 1.29 is 9.90 Å². The molecule has 0 aliphatic rings. The predicted octanol–water partition coefficient (Wildman–Crippen LogP) is 2.20. The maximum atomic E-state index is 12.1. The molecule has 4 heteroatoms. The maximum absolute atomic E-state index is 12.1. The van der Waals surface area contributed by atoms with Gasteiger partial charge in [0.15, 0.2) is 5.78 Å². The van der Waals surface area contributed by atoms with E-state index < -0.39 is 0 Å². The molecule has 0 radical (unpaired) electrons. The molecule has 1 aromatic rings. The monoisotopic (exact) mass is 255 g/mol. The lowest BCUT2D eigenvalue weighted by Crippen LogP contribution is -2.37. The molecule has 1 aromatic heterocycles. The zero-order valence-electron chi connectivity index (χ0n) is 10.8. The molecule has 0 spiro atoms. The molecule has 1 rings (SSSR count). The average Bonchev–Trinajstić information content (AvgIpc) is 2.76. The van der Waals surface area contributed by atoms with Gasteiger partial charge in [0.25, 0.3) is 0 Å². The van der Waals surface area contributed by atoms with E-state index in [9.17, 15) is 4.79 Å². The summed E-state index contributed by atoms with van der Waals surface area (Å²) < 4.78 is 0. The third kappa shape index (κ3) is 4.22. The van der Waals surface area contributed by atoms with Crippen molar-refractivity contribution in [3.63, 3.8) is 0 Å². The zero-order chi connectivity index (χ0) is 12.8. The third-order valence-electron chi connectivity index (χ3n) is 2.75. The first-order valence-electron chi connectivity index (χ1n) is 6.05. The van der Waals surface area contributed by atoms with Crippen molar-refractivity contribution in [1.29, 1.82) is 0 Å². The van der Waals surface area contributed by atoms with Crippen LogP contribution in [0.1, 0.15) is 35.3 Å². The Balaban J connectivity index is 2.63. The highest BCUT2D eigenvalue weighted by Gasteiger charge is 2.16. The number of aliphatic hydroxyl groups is 1. The Labute approximate surface area is 107 Å². The lowest BCUT2D eigenvalue weighted by Gasteiger charge is -2.24. The number of aliphatic hydroxyl groups excluding tert-OH is 1. The number of ketones is 1. The molecule has 0 saturated heterocycles. The number of Topliss-reactive ketones (excluding diaryl/α,β-unsaturated/α-hetero) is 1. The van der Waals surface area contributed by atoms with E-state index in [2.05, 4.69) is 6.92 Å². The van der Waals surface area contributed by atoms with Crippen LogP contribution in [-0.4, -0.2) is 41.5 Å². The maximum Gasteiger partial charge on any atom is 0.186 e. The SMILES string of the molecule is CCc1ccc(C(=O)CN(CCO)C(C)C)s1. The second-order valence-electron chi connectivity index (χ2n) is 4.33. The van der Waals surface area contributed by atoms with Crippen LogP contribution in [0.2, 0.25) is 0 Å². The first kappa shape index (κ1) is 14.4. The highest BCUT2D eigenvalue weighted by Crippen LogP contribution is 2.18. The lowest BCUT2D eigenvalue weighted by molar-refractivity contribution is 0.0885. The average molecular weight is 255 g/mol. The standard InChI is InChI=1S/C13H21NO2S/c1-4-11-5-6-13(17-11)12(16)9-14(7-8-15)10(2)3/h5-6,10,15H,4,7-9H2,1-3H3. The minimum Gasteiger partial charge on any atom is -0.395 e. The van der Waals surface area contributed by atoms with E-state index in [4.69, 9.17) is 5.11 Å². The summed E-state index contributed by atoms with van der Waals surface area (Å²) in [6.07, 6.45) is 0.975. The van der Waals surface area contributed by atoms with Crippen molar-refractivity contribution in [3.05, 3.63) is 21.9 Å². The minimum absolute atomic E-state index is 0.0934. The Morgan fingerprint density at radius 1 is 1.47 bits per heavy atom. The summed E-state index contributed by atoms with van der Waals surface area (Å²) in [4.78, 5) is 16.1. The lowest BCUT2D eigenvalue weighted by atomic mass is 10.2. The molecule has 0 aliphatic carbocycles. The Bertz CT molecular complexity index is 360. The van der Waals surface area contributed by atoms with Gasteiger partial charge in [0.2, 0.25) is 0 Å². The Hall–Kier alpha value is -0.710. The molecule has 0 amide bonds. The van der Waals surface area contributed by atoms with Gasteiger partial charge in [-0.1, -0.05) is 6.92 Å². The van der Waals surface area contributed by atoms with Gasteiger partial charge in [-0.15, -0.1) is 11.3 Å². The van der Waals surface area contributed by atoms with Gasteiger partial charge in [0, 0.05) is 17.5 Å². The van der Waals surface area contributed by atoms with E-state index >= 15 is 0 Å². The van der Waals surface area contributed by atoms with Crippen molar-refractivity contribution in [2.24, 2.45) is 0 Å². The molecule has 0 aromatic carbocycles. The topological polar surface area (TPSA) is 40.5 Å². The van der Waals surface area contributed by atoms with Crippen LogP contribution in [0.15, 0.2) is 12.1 Å². The Morgan fingerprint density at radius 2 is 2.18 bits per heavy atom. The molecule has 17 heavy (non-hydrogen) atoms. The zero-order valence-corrected chi connectivity index (χ0v) is 11.6. The Morgan fingerprint density at radius 3 is 2.65 bits per heavy atom. The largest absolute Gasteiger partial charge is 0.395 e. The molecule has 1 N–H and O–H groups in total. The third-order valence-corrected chi connectivity index (χ3v) is 4.02. The van der Waals surface area contributed by atoms with Gasteiger partial charge in [-0.25, -0.2) is 0 Å². The van der Waals surface area contributed by atoms with Gasteiger partial charge in [0.05, 0.1) is 18.0 Å². The van der Waals surface area contributed by atoms with E-state index in [1.54, 1.807) is 11.3 Å². The van der Waals surface area contributed by atoms with E-state index in [0.717, 1.165) is 11.3 Å². The summed E-state index contributed by atoms with van der Waals surface area (Å²) in [6, 6.07) is 4.20. The molecule has 0 unspecified atom stereocenters. The molecular formula is C13H21NO2S. The van der Waals surface area contributed by atoms with E-state index in [1.807, 2.05) is 30.9 Å². The van der Waals surface area contributed by atoms with Crippen molar-refractivity contribution in [3.8, 4) is 0 Å². The fourth-order valence-electron chi connectivity index (χ4n) is 1.63. The van der Waals surface area contributed by atoms with E-state index in [1.165, 1.54) is 4.88 Å². The Kier molecular flexibility index (Phi) is 5.82. The van der Waals surface area contributed by atoms with Crippen LogP contribution in [-0.2, 0) is 6.42 Å². The molecule has 0 atom stereocenters. The number of carbonyl (C=O) groups excluding carboxylic acids is 1. The summed E-state index contributed by atoms with van der Waals surface area (Å²) in [5.41, 5.74) is 0. The first-order valence-corrected chi connectivity index (χ1v) is 6.87. The molecule has 0 bridgehead atoms. The van der Waals surface area contributed by atoms with Crippen LogP contribution in [0, 0.1) is 0 Å². The second-order valence-corrected chi connectivity index (χ2v) is 5.50. The fraction of sp³-hybridized carbons (Fsp3) is 0.615. The van der Waals surface area contributed by atoms with Crippen molar-refractivity contribution in [1.82, 2.24) is 4.90 Å². The number of hydrogen-bond acceptors (Lipinski definition) is 4. The van der Waals surface area contributed by atoms with Gasteiger partial charge in [-0.05, 0) is 32.4 Å². The highest BCUT2D eigenvalue weighted by atomic mass is 32.1. The predicted molar refractivity (Wildman–Crippen MR) is 71.8 cm³/mol. The number of thiophene rings is 1. The van der Waals surface area contributed by atoms with Crippen LogP contribution in [0.5, 0.6) is 0 Å². The summed E-state index contributed by atoms with van der Waals surface area (Å²) in [7, 11) is 0. The van der Waals surface area contributed by atoms with Crippen molar-refractivity contribution >= 4 is 17.1 Å². The number of aryl methyl sites for hydroxylation is 1. The van der Waals surface area contributed by atoms with E-state index in [0.29, 0.717) is 13.1 Å². The highest BCUT2D eigenvalue weighted by molar-refractivity contribution is 7.14. The normalized spacial score (nSPS) is 11.4. The number of hydrogen-bond donors (Lipinski definition) is 1. The van der Waals surface area contributed by atoms with Crippen LogP contribution < -0.4 is 0 Å². The van der Waals surface area contributed by atoms with Crippen LogP contribution in [0.25, 0.3) is 0 Å². The van der Waals surface area contributed by atoms with Gasteiger partial charge < -0.3 is 5.11 Å². The second kappa shape index (κ2) is 6.89. The van der Waals surface area contributed by atoms with Crippen molar-refractivity contribution in [2.75, 3.05) is 19.7 Å². The molecule has 0 fully saturated rings. The van der Waals surface area contributed by atoms with Gasteiger partial charge in [0.1, 0.15) is 0 Å². The number of nitrogens with zero attached hydrogens (tertiary/aromatic N) is 1. The number of carbonyl (C=O) groups is 1. The molecular weight excluding hydrogens is 234 g/mol. The van der Waals surface area contributed by atoms with Gasteiger partial charge in [-0.3, -0.25) is 9.69 Å². The summed E-state index contributed by atoms with van der Waals surface area (Å²) in [5.74, 6) is 0.150. The van der Waals surface area contributed by atoms with E-state index in [-0.39, 0.29) is 18.4 Å². The van der Waals surface area contributed by atoms with Gasteiger partial charge in [-0.2, -0.15) is 0 Å². The van der Waals surface area contributed by atoms with Crippen LogP contribution in [0.3, 0.4) is 0 Å². The molecule has 3 nitrogen and oxygen atoms in total. The smallest absolute Gasteiger partial charge is 0.186 e. The van der Waals surface area contributed by atoms with Crippen LogP contribution >= 0.6 is 11.3 Å². The summed E-state index contributed by atoms with van der Waals surface area (Å²) >= 11 is 1.57. The van der Waals surface area contributed by atoms with Gasteiger partial charge >= 0.3 is 0 Å². The molecule has 0 saturated carbocycles. The quantitative estimate of drug-likeness (QED) is 0.759. The minimum atomic E-state index is 0.0934. The number of rotatable bonds is 7. The fourth-order valence-corrected chi connectivity index (χ4v) is 2.51. The molecule has 1 heterocycles. The first-order chi connectivity index (χ1) is 8.08. The molecule has 0 aliphatic heterocycles. The summed E-state index contributed by atoms with van der Waals surface area (Å²) in [6.45, 7) is 7.20. The molecule has 96 valence electrons. The van der Waals surface area contributed by atoms with Crippen LogP contribution in [0.4, 0.5) is 0 Å².